The quantitative estimate of drug-likeness (QED) is 0.528. The van der Waals surface area contributed by atoms with Gasteiger partial charge in [0.1, 0.15) is 6.04 Å². The molecule has 2 aromatic rings. The number of hydrogen-bond acceptors (Lipinski definition) is 3. The smallest absolute Gasteiger partial charge is 0.242 e. The molecule has 2 rings (SSSR count). The van der Waals surface area contributed by atoms with E-state index < -0.39 is 6.04 Å². The van der Waals surface area contributed by atoms with Crippen molar-refractivity contribution in [2.75, 3.05) is 12.8 Å². The van der Waals surface area contributed by atoms with E-state index in [2.05, 4.69) is 5.32 Å². The number of nitrogens with one attached hydrogen (secondary N) is 1. The first kappa shape index (κ1) is 23.9. The third-order valence-electron chi connectivity index (χ3n) is 4.43. The summed E-state index contributed by atoms with van der Waals surface area (Å²) in [6.07, 6.45) is 0.492. The van der Waals surface area contributed by atoms with Gasteiger partial charge in [0.2, 0.25) is 11.8 Å². The van der Waals surface area contributed by atoms with Gasteiger partial charge in [0.05, 0.1) is 5.75 Å². The van der Waals surface area contributed by atoms with E-state index >= 15 is 0 Å². The predicted molar refractivity (Wildman–Crippen MR) is 123 cm³/mol. The molecule has 4 nitrogen and oxygen atoms in total. The Bertz CT molecular complexity index is 864. The molecule has 0 heterocycles. The van der Waals surface area contributed by atoms with Gasteiger partial charge in [0.25, 0.3) is 0 Å². The fraction of sp³-hybridized carbons (Fsp3) is 0.333. The third kappa shape index (κ3) is 6.82. The molecule has 0 aliphatic heterocycles. The summed E-state index contributed by atoms with van der Waals surface area (Å²) < 4.78 is 0. The van der Waals surface area contributed by atoms with Crippen molar-refractivity contribution in [3.63, 3.8) is 0 Å². The molecule has 2 amide bonds. The molecule has 1 atom stereocenters. The average Bonchev–Trinajstić information content (AvgIpc) is 2.70. The molecule has 0 saturated heterocycles. The summed E-state index contributed by atoms with van der Waals surface area (Å²) in [7, 11) is 1.56. The zero-order valence-electron chi connectivity index (χ0n) is 16.3. The highest BCUT2D eigenvalue weighted by Gasteiger charge is 2.28. The van der Waals surface area contributed by atoms with Gasteiger partial charge in [-0.3, -0.25) is 9.59 Å². The second-order valence-electron chi connectivity index (χ2n) is 6.38. The van der Waals surface area contributed by atoms with Crippen molar-refractivity contribution in [3.05, 3.63) is 68.7 Å². The number of rotatable bonds is 9. The minimum atomic E-state index is -0.583. The van der Waals surface area contributed by atoms with E-state index in [1.165, 1.54) is 11.8 Å². The third-order valence-corrected chi connectivity index (χ3v) is 6.35. The Labute approximate surface area is 190 Å². The first-order chi connectivity index (χ1) is 13.9. The highest BCUT2D eigenvalue weighted by atomic mass is 35.5. The lowest BCUT2D eigenvalue weighted by Gasteiger charge is -2.30. The summed E-state index contributed by atoms with van der Waals surface area (Å²) in [5.74, 6) is 0.493. The van der Waals surface area contributed by atoms with Crippen LogP contribution in [-0.2, 0) is 21.9 Å². The zero-order valence-corrected chi connectivity index (χ0v) is 19.3. The molecule has 29 heavy (non-hydrogen) atoms. The van der Waals surface area contributed by atoms with Crippen molar-refractivity contribution in [2.24, 2.45) is 0 Å². The molecule has 8 heteroatoms. The number of benzene rings is 2. The Balaban J connectivity index is 2.15. The molecular formula is C21H23Cl3N2O2S. The van der Waals surface area contributed by atoms with Gasteiger partial charge in [-0.25, -0.2) is 0 Å². The molecular weight excluding hydrogens is 451 g/mol. The molecule has 0 fully saturated rings. The van der Waals surface area contributed by atoms with E-state index in [0.717, 1.165) is 11.1 Å². The van der Waals surface area contributed by atoms with Crippen LogP contribution in [0.3, 0.4) is 0 Å². The van der Waals surface area contributed by atoms with Crippen LogP contribution in [0, 0.1) is 0 Å². The van der Waals surface area contributed by atoms with E-state index in [1.807, 2.05) is 31.2 Å². The largest absolute Gasteiger partial charge is 0.357 e. The van der Waals surface area contributed by atoms with Crippen LogP contribution in [0.1, 0.15) is 24.5 Å². The molecule has 1 N–H and O–H groups in total. The van der Waals surface area contributed by atoms with Gasteiger partial charge < -0.3 is 10.2 Å². The Hall–Kier alpha value is -1.40. The molecule has 1 unspecified atom stereocenters. The normalized spacial score (nSPS) is 11.8. The maximum atomic E-state index is 13.0. The first-order valence-electron chi connectivity index (χ1n) is 9.13. The SMILES string of the molecule is CCC(C(=O)NC)N(Cc1ccc(Cl)cc1Cl)C(=O)CSCc1ccccc1Cl. The van der Waals surface area contributed by atoms with Gasteiger partial charge in [-0.2, -0.15) is 0 Å². The lowest BCUT2D eigenvalue weighted by atomic mass is 10.1. The van der Waals surface area contributed by atoms with Crippen LogP contribution < -0.4 is 5.32 Å². The van der Waals surface area contributed by atoms with E-state index in [0.29, 0.717) is 27.2 Å². The van der Waals surface area contributed by atoms with Gasteiger partial charge in [-0.05, 0) is 35.7 Å². The van der Waals surface area contributed by atoms with Gasteiger partial charge in [0, 0.05) is 34.4 Å². The van der Waals surface area contributed by atoms with E-state index in [-0.39, 0.29) is 24.1 Å². The van der Waals surface area contributed by atoms with Crippen LogP contribution in [0.25, 0.3) is 0 Å². The van der Waals surface area contributed by atoms with Crippen LogP contribution in [0.4, 0.5) is 0 Å². The van der Waals surface area contributed by atoms with E-state index in [4.69, 9.17) is 34.8 Å². The van der Waals surface area contributed by atoms with E-state index in [9.17, 15) is 9.59 Å². The molecule has 0 saturated carbocycles. The fourth-order valence-corrected chi connectivity index (χ4v) is 4.53. The number of thioether (sulfide) groups is 1. The van der Waals surface area contributed by atoms with E-state index in [1.54, 1.807) is 30.1 Å². The molecule has 0 aromatic heterocycles. The second kappa shape index (κ2) is 11.7. The topological polar surface area (TPSA) is 49.4 Å². The molecule has 0 aliphatic rings. The van der Waals surface area contributed by atoms with Gasteiger partial charge in [0.15, 0.2) is 0 Å². The number of likely N-dealkylation sites (N-methyl/N-ethyl adjacent to an activating group) is 1. The van der Waals surface area contributed by atoms with Crippen LogP contribution in [0.15, 0.2) is 42.5 Å². The Morgan fingerprint density at radius 3 is 2.41 bits per heavy atom. The van der Waals surface area contributed by atoms with Crippen molar-refractivity contribution in [3.8, 4) is 0 Å². The number of nitrogens with zero attached hydrogens (tertiary/aromatic N) is 1. The number of carbonyl (C=O) groups excluding carboxylic acids is 2. The lowest BCUT2D eigenvalue weighted by molar-refractivity contribution is -0.139. The predicted octanol–water partition coefficient (Wildman–Crippen LogP) is 5.43. The number of carbonyl (C=O) groups is 2. The molecule has 156 valence electrons. The maximum absolute atomic E-state index is 13.0. The monoisotopic (exact) mass is 472 g/mol. The van der Waals surface area contributed by atoms with Crippen molar-refractivity contribution in [2.45, 2.75) is 31.7 Å². The molecule has 0 radical (unpaired) electrons. The van der Waals surface area contributed by atoms with Gasteiger partial charge in [-0.15, -0.1) is 11.8 Å². The van der Waals surface area contributed by atoms with Crippen molar-refractivity contribution < 1.29 is 9.59 Å². The van der Waals surface area contributed by atoms with Crippen molar-refractivity contribution in [1.29, 1.82) is 0 Å². The summed E-state index contributed by atoms with van der Waals surface area (Å²) >= 11 is 19.9. The lowest BCUT2D eigenvalue weighted by Crippen LogP contribution is -2.48. The van der Waals surface area contributed by atoms with Crippen LogP contribution in [0.5, 0.6) is 0 Å². The second-order valence-corrected chi connectivity index (χ2v) is 8.62. The van der Waals surface area contributed by atoms with Crippen LogP contribution >= 0.6 is 46.6 Å². The standard InChI is InChI=1S/C21H23Cl3N2O2S/c1-3-19(21(28)25-2)26(11-14-8-9-16(22)10-18(14)24)20(27)13-29-12-15-6-4-5-7-17(15)23/h4-10,19H,3,11-13H2,1-2H3,(H,25,28). The highest BCUT2D eigenvalue weighted by molar-refractivity contribution is 7.99. The zero-order chi connectivity index (χ0) is 21.4. The molecule has 0 spiro atoms. The summed E-state index contributed by atoms with van der Waals surface area (Å²) in [5.41, 5.74) is 1.71. The van der Waals surface area contributed by atoms with Gasteiger partial charge in [-0.1, -0.05) is 66.0 Å². The fourth-order valence-electron chi connectivity index (χ4n) is 2.87. The first-order valence-corrected chi connectivity index (χ1v) is 11.4. The summed E-state index contributed by atoms with van der Waals surface area (Å²) in [4.78, 5) is 27.0. The van der Waals surface area contributed by atoms with Crippen molar-refractivity contribution in [1.82, 2.24) is 10.2 Å². The molecule has 0 aliphatic carbocycles. The Morgan fingerprint density at radius 1 is 1.07 bits per heavy atom. The number of halogens is 3. The summed E-state index contributed by atoms with van der Waals surface area (Å²) in [6.45, 7) is 2.11. The summed E-state index contributed by atoms with van der Waals surface area (Å²) in [6, 6.07) is 12.1. The Morgan fingerprint density at radius 2 is 1.79 bits per heavy atom. The van der Waals surface area contributed by atoms with Gasteiger partial charge >= 0.3 is 0 Å². The molecule has 2 aromatic carbocycles. The van der Waals surface area contributed by atoms with Crippen LogP contribution in [-0.4, -0.2) is 35.6 Å². The number of hydrogen-bond donors (Lipinski definition) is 1. The maximum Gasteiger partial charge on any atom is 0.242 e. The van der Waals surface area contributed by atoms with Crippen LogP contribution in [0.2, 0.25) is 15.1 Å². The number of amides is 2. The minimum Gasteiger partial charge on any atom is -0.357 e. The average molecular weight is 474 g/mol. The highest BCUT2D eigenvalue weighted by Crippen LogP contribution is 2.25. The van der Waals surface area contributed by atoms with Crippen molar-refractivity contribution >= 4 is 58.4 Å². The minimum absolute atomic E-state index is 0.136. The molecule has 0 bridgehead atoms. The summed E-state index contributed by atoms with van der Waals surface area (Å²) in [5, 5.41) is 4.30. The Kier molecular flexibility index (Phi) is 9.63.